The average molecular weight is 358 g/mol. The number of rotatable bonds is 4. The molecule has 0 unspecified atom stereocenters. The first-order valence-electron chi connectivity index (χ1n) is 7.48. The highest BCUT2D eigenvalue weighted by Gasteiger charge is 2.43. The summed E-state index contributed by atoms with van der Waals surface area (Å²) in [4.78, 5) is 36.4. The molecule has 0 bridgehead atoms. The van der Waals surface area contributed by atoms with Gasteiger partial charge in [-0.15, -0.1) is 0 Å². The summed E-state index contributed by atoms with van der Waals surface area (Å²) in [6.07, 6.45) is -4.62. The van der Waals surface area contributed by atoms with Gasteiger partial charge in [-0.25, -0.2) is 0 Å². The molecule has 0 spiro atoms. The summed E-state index contributed by atoms with van der Waals surface area (Å²) in [5, 5.41) is 11.2. The molecule has 2 amide bonds. The van der Waals surface area contributed by atoms with Gasteiger partial charge in [0.25, 0.3) is 0 Å². The lowest BCUT2D eigenvalue weighted by Crippen LogP contribution is -2.43. The molecule has 0 radical (unpaired) electrons. The summed E-state index contributed by atoms with van der Waals surface area (Å²) < 4.78 is 38.0. The molecule has 9 heteroatoms. The molecule has 0 aliphatic carbocycles. The Morgan fingerprint density at radius 3 is 2.32 bits per heavy atom. The number of benzene rings is 1. The van der Waals surface area contributed by atoms with E-state index >= 15 is 0 Å². The van der Waals surface area contributed by atoms with Gasteiger partial charge in [0.05, 0.1) is 17.5 Å². The van der Waals surface area contributed by atoms with Crippen LogP contribution >= 0.6 is 0 Å². The number of carboxylic acid groups (broad SMARTS) is 1. The SMILES string of the molecule is C[C@H](NC(=O)[C@@H]1CC(=O)N(C)[C@@H]1c1ccc(C(F)(F)F)cc1)C(=O)O. The minimum absolute atomic E-state index is 0.139. The molecule has 136 valence electrons. The Morgan fingerprint density at radius 2 is 1.84 bits per heavy atom. The number of aliphatic carboxylic acids is 1. The number of hydrogen-bond donors (Lipinski definition) is 2. The number of likely N-dealkylation sites (tertiary alicyclic amines) is 1. The van der Waals surface area contributed by atoms with Crippen LogP contribution in [-0.2, 0) is 20.6 Å². The third-order valence-electron chi connectivity index (χ3n) is 4.23. The maximum atomic E-state index is 12.7. The van der Waals surface area contributed by atoms with Crippen LogP contribution in [0.25, 0.3) is 0 Å². The van der Waals surface area contributed by atoms with Crippen molar-refractivity contribution in [2.45, 2.75) is 31.6 Å². The number of alkyl halides is 3. The van der Waals surface area contributed by atoms with Gasteiger partial charge in [-0.1, -0.05) is 12.1 Å². The first kappa shape index (κ1) is 18.8. The van der Waals surface area contributed by atoms with Crippen LogP contribution in [-0.4, -0.2) is 40.9 Å². The minimum atomic E-state index is -4.48. The molecule has 3 atom stereocenters. The van der Waals surface area contributed by atoms with Crippen LogP contribution in [0.1, 0.15) is 30.5 Å². The van der Waals surface area contributed by atoms with E-state index in [0.29, 0.717) is 5.56 Å². The summed E-state index contributed by atoms with van der Waals surface area (Å²) in [7, 11) is 1.46. The van der Waals surface area contributed by atoms with Gasteiger partial charge in [0, 0.05) is 13.5 Å². The lowest BCUT2D eigenvalue weighted by atomic mass is 9.92. The molecule has 1 aliphatic heterocycles. The van der Waals surface area contributed by atoms with Crippen molar-refractivity contribution in [1.29, 1.82) is 0 Å². The van der Waals surface area contributed by atoms with Crippen molar-refractivity contribution < 1.29 is 32.7 Å². The predicted octanol–water partition coefficient (Wildman–Crippen LogP) is 1.81. The number of nitrogens with one attached hydrogen (secondary N) is 1. The summed E-state index contributed by atoms with van der Waals surface area (Å²) in [6, 6.07) is 2.34. The van der Waals surface area contributed by atoms with E-state index in [-0.39, 0.29) is 12.3 Å². The monoisotopic (exact) mass is 358 g/mol. The molecular formula is C16H17F3N2O4. The molecule has 1 aromatic rings. The zero-order valence-electron chi connectivity index (χ0n) is 13.5. The van der Waals surface area contributed by atoms with Crippen LogP contribution < -0.4 is 5.32 Å². The van der Waals surface area contributed by atoms with Crippen LogP contribution in [0.15, 0.2) is 24.3 Å². The zero-order chi connectivity index (χ0) is 18.9. The van der Waals surface area contributed by atoms with E-state index in [1.165, 1.54) is 31.0 Å². The van der Waals surface area contributed by atoms with Gasteiger partial charge >= 0.3 is 12.1 Å². The van der Waals surface area contributed by atoms with Crippen LogP contribution in [0.5, 0.6) is 0 Å². The smallest absolute Gasteiger partial charge is 0.416 e. The van der Waals surface area contributed by atoms with Crippen molar-refractivity contribution in [1.82, 2.24) is 10.2 Å². The minimum Gasteiger partial charge on any atom is -0.480 e. The number of halogens is 3. The molecular weight excluding hydrogens is 341 g/mol. The second-order valence-corrected chi connectivity index (χ2v) is 5.95. The van der Waals surface area contributed by atoms with E-state index in [1.54, 1.807) is 0 Å². The average Bonchev–Trinajstić information content (AvgIpc) is 2.82. The summed E-state index contributed by atoms with van der Waals surface area (Å²) >= 11 is 0. The van der Waals surface area contributed by atoms with Gasteiger partial charge in [0.2, 0.25) is 11.8 Å². The number of nitrogens with zero attached hydrogens (tertiary/aromatic N) is 1. The Hall–Kier alpha value is -2.58. The molecule has 6 nitrogen and oxygen atoms in total. The highest BCUT2D eigenvalue weighted by atomic mass is 19.4. The summed E-state index contributed by atoms with van der Waals surface area (Å²) in [6.45, 7) is 1.29. The Kier molecular flexibility index (Phi) is 5.05. The zero-order valence-corrected chi connectivity index (χ0v) is 13.5. The van der Waals surface area contributed by atoms with E-state index in [0.717, 1.165) is 12.1 Å². The fourth-order valence-corrected chi connectivity index (χ4v) is 2.81. The standard InChI is InChI=1S/C16H17F3N2O4/c1-8(15(24)25)20-14(23)11-7-12(22)21(2)13(11)9-3-5-10(6-4-9)16(17,18)19/h3-6,8,11,13H,7H2,1-2H3,(H,20,23)(H,24,25)/t8-,11+,13+/m0/s1. The van der Waals surface area contributed by atoms with E-state index in [4.69, 9.17) is 5.11 Å². The molecule has 1 aliphatic rings. The Morgan fingerprint density at radius 1 is 1.28 bits per heavy atom. The van der Waals surface area contributed by atoms with Crippen LogP contribution in [0.2, 0.25) is 0 Å². The van der Waals surface area contributed by atoms with Crippen LogP contribution in [0.3, 0.4) is 0 Å². The third-order valence-corrected chi connectivity index (χ3v) is 4.23. The van der Waals surface area contributed by atoms with Gasteiger partial charge in [-0.05, 0) is 24.6 Å². The highest BCUT2D eigenvalue weighted by Crippen LogP contribution is 2.38. The highest BCUT2D eigenvalue weighted by molar-refractivity contribution is 5.92. The first-order valence-corrected chi connectivity index (χ1v) is 7.48. The van der Waals surface area contributed by atoms with Crippen molar-refractivity contribution in [2.75, 3.05) is 7.05 Å². The quantitative estimate of drug-likeness (QED) is 0.860. The van der Waals surface area contributed by atoms with Crippen molar-refractivity contribution in [3.8, 4) is 0 Å². The summed E-state index contributed by atoms with van der Waals surface area (Å²) in [5.74, 6) is -3.07. The van der Waals surface area contributed by atoms with Crippen LogP contribution in [0.4, 0.5) is 13.2 Å². The number of carboxylic acids is 1. The number of hydrogen-bond acceptors (Lipinski definition) is 3. The van der Waals surface area contributed by atoms with E-state index in [1.807, 2.05) is 0 Å². The van der Waals surface area contributed by atoms with E-state index in [9.17, 15) is 27.6 Å². The summed E-state index contributed by atoms with van der Waals surface area (Å²) in [5.41, 5.74) is -0.451. The van der Waals surface area contributed by atoms with Crippen molar-refractivity contribution in [2.24, 2.45) is 5.92 Å². The molecule has 2 N–H and O–H groups in total. The topological polar surface area (TPSA) is 86.7 Å². The van der Waals surface area contributed by atoms with Gasteiger partial charge in [-0.2, -0.15) is 13.2 Å². The van der Waals surface area contributed by atoms with E-state index < -0.39 is 41.6 Å². The maximum Gasteiger partial charge on any atom is 0.416 e. The predicted molar refractivity (Wildman–Crippen MR) is 80.3 cm³/mol. The Bertz CT molecular complexity index is 688. The number of carbonyl (C=O) groups is 3. The largest absolute Gasteiger partial charge is 0.480 e. The first-order chi connectivity index (χ1) is 11.5. The lowest BCUT2D eigenvalue weighted by molar-refractivity contribution is -0.142. The molecule has 1 fully saturated rings. The molecule has 1 saturated heterocycles. The second-order valence-electron chi connectivity index (χ2n) is 5.95. The number of carbonyl (C=O) groups excluding carboxylic acids is 2. The number of amides is 2. The van der Waals surface area contributed by atoms with Crippen LogP contribution in [0, 0.1) is 5.92 Å². The van der Waals surface area contributed by atoms with Crippen molar-refractivity contribution >= 4 is 17.8 Å². The Labute approximate surface area is 141 Å². The molecule has 25 heavy (non-hydrogen) atoms. The molecule has 1 aromatic carbocycles. The molecule has 0 saturated carbocycles. The molecule has 2 rings (SSSR count). The fourth-order valence-electron chi connectivity index (χ4n) is 2.81. The third kappa shape index (κ3) is 3.92. The van der Waals surface area contributed by atoms with Crippen molar-refractivity contribution in [3.63, 3.8) is 0 Å². The van der Waals surface area contributed by atoms with Gasteiger partial charge in [0.15, 0.2) is 0 Å². The second kappa shape index (κ2) is 6.73. The van der Waals surface area contributed by atoms with Crippen molar-refractivity contribution in [3.05, 3.63) is 35.4 Å². The molecule has 0 aromatic heterocycles. The maximum absolute atomic E-state index is 12.7. The Balaban J connectivity index is 2.27. The lowest BCUT2D eigenvalue weighted by Gasteiger charge is -2.25. The van der Waals surface area contributed by atoms with E-state index in [2.05, 4.69) is 5.32 Å². The van der Waals surface area contributed by atoms with Gasteiger partial charge in [0.1, 0.15) is 6.04 Å². The molecule has 1 heterocycles. The van der Waals surface area contributed by atoms with Gasteiger partial charge < -0.3 is 15.3 Å². The van der Waals surface area contributed by atoms with Gasteiger partial charge in [-0.3, -0.25) is 14.4 Å². The normalized spacial score (nSPS) is 22.0. The fraction of sp³-hybridized carbons (Fsp3) is 0.438.